The summed E-state index contributed by atoms with van der Waals surface area (Å²) in [4.78, 5) is 25.6. The van der Waals surface area contributed by atoms with Gasteiger partial charge in [0.1, 0.15) is 12.2 Å². The molecule has 2 aromatic rings. The zero-order valence-electron chi connectivity index (χ0n) is 15.2. The molecule has 0 aliphatic carbocycles. The van der Waals surface area contributed by atoms with Gasteiger partial charge in [0.2, 0.25) is 0 Å². The number of rotatable bonds is 5. The number of carbonyl (C=O) groups is 2. The van der Waals surface area contributed by atoms with E-state index in [0.717, 1.165) is 10.0 Å². The van der Waals surface area contributed by atoms with Crippen LogP contribution in [0.3, 0.4) is 0 Å². The number of benzene rings is 2. The zero-order chi connectivity index (χ0) is 20.3. The summed E-state index contributed by atoms with van der Waals surface area (Å²) in [6.45, 7) is 0.382. The normalized spacial score (nSPS) is 15.6. The number of ether oxygens (including phenoxy) is 2. The summed E-state index contributed by atoms with van der Waals surface area (Å²) < 4.78 is 12.2. The Labute approximate surface area is 176 Å². The maximum absolute atomic E-state index is 12.3. The Morgan fingerprint density at radius 2 is 1.86 bits per heavy atom. The van der Waals surface area contributed by atoms with Gasteiger partial charge in [0.25, 0.3) is 11.8 Å². The van der Waals surface area contributed by atoms with Gasteiger partial charge < -0.3 is 9.47 Å². The number of hydrogen-bond donors (Lipinski definition) is 1. The fourth-order valence-electron chi connectivity index (χ4n) is 2.55. The minimum absolute atomic E-state index is 0.00156. The molecule has 0 bridgehead atoms. The molecule has 28 heavy (non-hydrogen) atoms. The van der Waals surface area contributed by atoms with Gasteiger partial charge in [-0.15, -0.1) is 0 Å². The summed E-state index contributed by atoms with van der Waals surface area (Å²) >= 11 is 8.34. The Balaban J connectivity index is 1.81. The first-order chi connectivity index (χ1) is 13.4. The lowest BCUT2D eigenvalue weighted by Gasteiger charge is -2.25. The topological polar surface area (TPSA) is 67.9 Å². The van der Waals surface area contributed by atoms with Crippen molar-refractivity contribution in [3.05, 3.63) is 63.6 Å². The largest absolute Gasteiger partial charge is 0.493 e. The van der Waals surface area contributed by atoms with E-state index in [9.17, 15) is 9.59 Å². The van der Waals surface area contributed by atoms with Crippen molar-refractivity contribution >= 4 is 51.2 Å². The number of nitrogens with one attached hydrogen (secondary N) is 1. The predicted octanol–water partition coefficient (Wildman–Crippen LogP) is 3.29. The smallest absolute Gasteiger partial charge is 0.265 e. The molecule has 0 unspecified atom stereocenters. The van der Waals surface area contributed by atoms with Crippen LogP contribution in [0.25, 0.3) is 6.08 Å². The van der Waals surface area contributed by atoms with Crippen LogP contribution >= 0.6 is 28.1 Å². The number of methoxy groups -OCH3 is 1. The molecule has 0 atom stereocenters. The zero-order valence-corrected chi connectivity index (χ0v) is 17.6. The Hall–Kier alpha value is -2.71. The van der Waals surface area contributed by atoms with Gasteiger partial charge >= 0.3 is 0 Å². The van der Waals surface area contributed by atoms with Crippen molar-refractivity contribution in [2.75, 3.05) is 14.2 Å². The van der Waals surface area contributed by atoms with Crippen molar-refractivity contribution in [2.45, 2.75) is 6.61 Å². The Morgan fingerprint density at radius 1 is 1.14 bits per heavy atom. The summed E-state index contributed by atoms with van der Waals surface area (Å²) in [5.74, 6) is 0.0789. The number of hydrogen-bond acceptors (Lipinski definition) is 5. The lowest BCUT2D eigenvalue weighted by molar-refractivity contribution is -0.128. The molecule has 144 valence electrons. The van der Waals surface area contributed by atoms with E-state index in [1.54, 1.807) is 18.2 Å². The number of likely N-dealkylation sites (N-methyl/N-ethyl adjacent to an activating group) is 1. The number of amides is 2. The SMILES string of the molecule is COc1cc(C=C2C(=O)NC(=S)N(C)C2=O)ccc1OCc1ccc(Br)cc1. The molecular formula is C20H17BrN2O4S. The molecule has 0 radical (unpaired) electrons. The summed E-state index contributed by atoms with van der Waals surface area (Å²) in [7, 11) is 3.04. The highest BCUT2D eigenvalue weighted by atomic mass is 79.9. The van der Waals surface area contributed by atoms with Crippen LogP contribution < -0.4 is 14.8 Å². The van der Waals surface area contributed by atoms with Gasteiger partial charge in [-0.1, -0.05) is 34.1 Å². The first kappa shape index (κ1) is 20.0. The van der Waals surface area contributed by atoms with Gasteiger partial charge in [-0.3, -0.25) is 19.8 Å². The van der Waals surface area contributed by atoms with Crippen LogP contribution in [0.1, 0.15) is 11.1 Å². The molecule has 1 saturated heterocycles. The van der Waals surface area contributed by atoms with E-state index in [-0.39, 0.29) is 10.7 Å². The van der Waals surface area contributed by atoms with E-state index in [1.807, 2.05) is 24.3 Å². The van der Waals surface area contributed by atoms with E-state index < -0.39 is 11.8 Å². The number of nitrogens with zero attached hydrogens (tertiary/aromatic N) is 1. The molecule has 1 heterocycles. The molecule has 8 heteroatoms. The number of thiocarbonyl (C=S) groups is 1. The van der Waals surface area contributed by atoms with Crippen LogP contribution in [-0.2, 0) is 16.2 Å². The van der Waals surface area contributed by atoms with Crippen molar-refractivity contribution in [3.63, 3.8) is 0 Å². The number of halogens is 1. The minimum Gasteiger partial charge on any atom is -0.493 e. The highest BCUT2D eigenvalue weighted by Gasteiger charge is 2.30. The second-order valence-corrected chi connectivity index (χ2v) is 7.31. The van der Waals surface area contributed by atoms with Crippen molar-refractivity contribution < 1.29 is 19.1 Å². The molecule has 1 aliphatic rings. The maximum Gasteiger partial charge on any atom is 0.265 e. The summed E-state index contributed by atoms with van der Waals surface area (Å²) in [6, 6.07) is 13.0. The summed E-state index contributed by atoms with van der Waals surface area (Å²) in [6.07, 6.45) is 1.50. The van der Waals surface area contributed by atoms with Crippen molar-refractivity contribution in [2.24, 2.45) is 0 Å². The lowest BCUT2D eigenvalue weighted by atomic mass is 10.1. The predicted molar refractivity (Wildman–Crippen MR) is 113 cm³/mol. The third-order valence-electron chi connectivity index (χ3n) is 4.11. The van der Waals surface area contributed by atoms with E-state index in [2.05, 4.69) is 21.2 Å². The van der Waals surface area contributed by atoms with Crippen molar-refractivity contribution in [3.8, 4) is 11.5 Å². The Kier molecular flexibility index (Phi) is 6.11. The second kappa shape index (κ2) is 8.53. The molecule has 0 saturated carbocycles. The molecule has 6 nitrogen and oxygen atoms in total. The van der Waals surface area contributed by atoms with E-state index in [4.69, 9.17) is 21.7 Å². The van der Waals surface area contributed by atoms with Crippen molar-refractivity contribution in [1.29, 1.82) is 0 Å². The molecule has 2 amide bonds. The van der Waals surface area contributed by atoms with Crippen LogP contribution in [0.4, 0.5) is 0 Å². The third kappa shape index (κ3) is 4.40. The average molecular weight is 461 g/mol. The van der Waals surface area contributed by atoms with Gasteiger partial charge in [0.05, 0.1) is 7.11 Å². The molecule has 3 rings (SSSR count). The summed E-state index contributed by atoms with van der Waals surface area (Å²) in [5.41, 5.74) is 1.65. The maximum atomic E-state index is 12.3. The molecule has 1 aliphatic heterocycles. The molecule has 1 N–H and O–H groups in total. The minimum atomic E-state index is -0.525. The second-order valence-electron chi connectivity index (χ2n) is 6.01. The Bertz CT molecular complexity index is 973. The van der Waals surface area contributed by atoms with Gasteiger partial charge in [-0.2, -0.15) is 0 Å². The van der Waals surface area contributed by atoms with Gasteiger partial charge in [0, 0.05) is 11.5 Å². The van der Waals surface area contributed by atoms with E-state index in [0.29, 0.717) is 23.7 Å². The molecule has 1 fully saturated rings. The van der Waals surface area contributed by atoms with E-state index >= 15 is 0 Å². The van der Waals surface area contributed by atoms with E-state index in [1.165, 1.54) is 25.1 Å². The Morgan fingerprint density at radius 3 is 2.54 bits per heavy atom. The van der Waals surface area contributed by atoms with Crippen LogP contribution in [0.2, 0.25) is 0 Å². The first-order valence-electron chi connectivity index (χ1n) is 8.29. The van der Waals surface area contributed by atoms with Crippen LogP contribution in [0, 0.1) is 0 Å². The first-order valence-corrected chi connectivity index (χ1v) is 9.49. The molecular weight excluding hydrogens is 444 g/mol. The van der Waals surface area contributed by atoms with Crippen molar-refractivity contribution in [1.82, 2.24) is 10.2 Å². The fraction of sp³-hybridized carbons (Fsp3) is 0.150. The van der Waals surface area contributed by atoms with Gasteiger partial charge in [0.15, 0.2) is 16.6 Å². The standard InChI is InChI=1S/C20H17BrN2O4S/c1-23-19(25)15(18(24)22-20(23)28)9-13-5-8-16(17(10-13)26-2)27-11-12-3-6-14(21)7-4-12/h3-10H,11H2,1-2H3,(H,22,24,28). The quantitative estimate of drug-likeness (QED) is 0.421. The molecule has 2 aromatic carbocycles. The molecule has 0 aromatic heterocycles. The highest BCUT2D eigenvalue weighted by Crippen LogP contribution is 2.30. The van der Waals surface area contributed by atoms with Crippen LogP contribution in [0.5, 0.6) is 11.5 Å². The summed E-state index contributed by atoms with van der Waals surface area (Å²) in [5, 5.41) is 2.57. The monoisotopic (exact) mass is 460 g/mol. The third-order valence-corrected chi connectivity index (χ3v) is 5.02. The fourth-order valence-corrected chi connectivity index (χ4v) is 2.99. The lowest BCUT2D eigenvalue weighted by Crippen LogP contribution is -2.52. The average Bonchev–Trinajstić information content (AvgIpc) is 2.69. The van der Waals surface area contributed by atoms with Crippen LogP contribution in [0.15, 0.2) is 52.5 Å². The molecule has 0 spiro atoms. The van der Waals surface area contributed by atoms with Gasteiger partial charge in [-0.25, -0.2) is 0 Å². The number of carbonyl (C=O) groups excluding carboxylic acids is 2. The van der Waals surface area contributed by atoms with Crippen LogP contribution in [-0.4, -0.2) is 36.0 Å². The highest BCUT2D eigenvalue weighted by molar-refractivity contribution is 9.10. The van der Waals surface area contributed by atoms with Gasteiger partial charge in [-0.05, 0) is 53.7 Å².